The number of nitrogens with one attached hydrogen (secondary N) is 2. The number of hydrogen-bond donors (Lipinski definition) is 3. The molecule has 3 rings (SSSR count). The molecule has 22 heavy (non-hydrogen) atoms. The number of nitrogens with zero attached hydrogens (tertiary/aromatic N) is 1. The number of rotatable bonds is 1. The zero-order valence-corrected chi connectivity index (χ0v) is 12.0. The molecular weight excluding hydrogens is 278 g/mol. The third-order valence-electron chi connectivity index (χ3n) is 3.77. The third-order valence-corrected chi connectivity index (χ3v) is 3.77. The van der Waals surface area contributed by atoms with Gasteiger partial charge in [0.25, 0.3) is 11.6 Å². The van der Waals surface area contributed by atoms with Crippen LogP contribution >= 0.6 is 0 Å². The van der Waals surface area contributed by atoms with E-state index in [1.807, 2.05) is 37.3 Å². The van der Waals surface area contributed by atoms with Crippen molar-refractivity contribution in [1.29, 1.82) is 5.26 Å². The van der Waals surface area contributed by atoms with Gasteiger partial charge in [-0.2, -0.15) is 5.26 Å². The number of carbonyl (C=O) groups is 1. The van der Waals surface area contributed by atoms with E-state index >= 15 is 0 Å². The average Bonchev–Trinajstić information content (AvgIpc) is 2.64. The van der Waals surface area contributed by atoms with E-state index in [4.69, 9.17) is 0 Å². The quantitative estimate of drug-likeness (QED) is 0.703. The molecule has 2 unspecified atom stereocenters. The second-order valence-electron chi connectivity index (χ2n) is 5.37. The van der Waals surface area contributed by atoms with Crippen molar-refractivity contribution < 1.29 is 9.90 Å². The average molecular weight is 293 g/mol. The van der Waals surface area contributed by atoms with Crippen molar-refractivity contribution in [1.82, 2.24) is 5.32 Å². The largest absolute Gasteiger partial charge is 0.372 e. The first-order valence-electron chi connectivity index (χ1n) is 6.92. The third kappa shape index (κ3) is 2.30. The molecule has 0 aliphatic carbocycles. The fourth-order valence-corrected chi connectivity index (χ4v) is 2.56. The van der Waals surface area contributed by atoms with Gasteiger partial charge in [0.15, 0.2) is 0 Å². The van der Waals surface area contributed by atoms with Crippen LogP contribution in [0.5, 0.6) is 0 Å². The Bertz CT molecular complexity index is 764. The summed E-state index contributed by atoms with van der Waals surface area (Å²) in [7, 11) is 0. The van der Waals surface area contributed by atoms with Gasteiger partial charge in [-0.25, -0.2) is 0 Å². The highest BCUT2D eigenvalue weighted by Gasteiger charge is 2.43. The molecule has 0 saturated carbocycles. The molecule has 1 aliphatic rings. The van der Waals surface area contributed by atoms with Crippen LogP contribution in [0.25, 0.3) is 0 Å². The molecule has 1 aliphatic heterocycles. The Morgan fingerprint density at radius 1 is 1.18 bits per heavy atom. The molecule has 3 N–H and O–H groups in total. The molecule has 0 radical (unpaired) electrons. The smallest absolute Gasteiger partial charge is 0.256 e. The van der Waals surface area contributed by atoms with E-state index in [1.165, 1.54) is 0 Å². The summed E-state index contributed by atoms with van der Waals surface area (Å²) in [6.45, 7) is 1.96. The molecule has 0 saturated heterocycles. The molecule has 0 spiro atoms. The number of anilines is 1. The predicted octanol–water partition coefficient (Wildman–Crippen LogP) is 2.10. The summed E-state index contributed by atoms with van der Waals surface area (Å²) in [6.07, 6.45) is 0. The van der Waals surface area contributed by atoms with E-state index in [2.05, 4.69) is 10.6 Å². The Morgan fingerprint density at radius 2 is 1.86 bits per heavy atom. The number of fused-ring (bicyclic) bond motifs is 1. The second-order valence-corrected chi connectivity index (χ2v) is 5.37. The van der Waals surface area contributed by atoms with Crippen LogP contribution < -0.4 is 10.6 Å². The lowest BCUT2D eigenvalue weighted by molar-refractivity contribution is 0.0381. The molecule has 2 aromatic rings. The molecule has 5 heteroatoms. The molecule has 0 bridgehead atoms. The van der Waals surface area contributed by atoms with Crippen molar-refractivity contribution >= 4 is 11.6 Å². The van der Waals surface area contributed by atoms with Crippen LogP contribution in [0, 0.1) is 18.3 Å². The summed E-state index contributed by atoms with van der Waals surface area (Å²) in [6, 6.07) is 15.4. The van der Waals surface area contributed by atoms with Crippen molar-refractivity contribution in [2.24, 2.45) is 0 Å². The van der Waals surface area contributed by atoms with Crippen molar-refractivity contribution in [2.75, 3.05) is 5.32 Å². The molecule has 5 nitrogen and oxygen atoms in total. The molecule has 2 atom stereocenters. The molecular formula is C17H15N3O2. The molecule has 0 aromatic heterocycles. The van der Waals surface area contributed by atoms with Gasteiger partial charge in [0, 0.05) is 5.69 Å². The highest BCUT2D eigenvalue weighted by Crippen LogP contribution is 2.33. The van der Waals surface area contributed by atoms with Gasteiger partial charge < -0.3 is 15.7 Å². The number of aliphatic hydroxyl groups is 1. The van der Waals surface area contributed by atoms with Crippen LogP contribution in [0.2, 0.25) is 0 Å². The minimum Gasteiger partial charge on any atom is -0.372 e. The normalized spacial score (nSPS) is 23.5. The van der Waals surface area contributed by atoms with Crippen LogP contribution in [-0.4, -0.2) is 16.7 Å². The van der Waals surface area contributed by atoms with E-state index in [1.54, 1.807) is 24.3 Å². The minimum absolute atomic E-state index is 0.394. The lowest BCUT2D eigenvalue weighted by atomic mass is 9.96. The Balaban J connectivity index is 2.12. The monoisotopic (exact) mass is 293 g/mol. The standard InChI is InChI=1S/C17H15N3O2/c1-11-6-8-12(9-7-11)15-17(22,10-18)20-16(21)13-4-2-3-5-14(13)19-15/h2-9,15,19,22H,1H3,(H,20,21). The Morgan fingerprint density at radius 3 is 2.55 bits per heavy atom. The molecule has 1 heterocycles. The van der Waals surface area contributed by atoms with Crippen LogP contribution in [-0.2, 0) is 0 Å². The number of aryl methyl sites for hydroxylation is 1. The van der Waals surface area contributed by atoms with Gasteiger partial charge in [0.05, 0.1) is 5.56 Å². The van der Waals surface area contributed by atoms with Crippen LogP contribution in [0.15, 0.2) is 48.5 Å². The lowest BCUT2D eigenvalue weighted by Gasteiger charge is -2.30. The molecule has 0 fully saturated rings. The Hall–Kier alpha value is -2.84. The Kier molecular flexibility index (Phi) is 3.32. The SMILES string of the molecule is Cc1ccc(C2Nc3ccccc3C(=O)NC2(O)C#N)cc1. The number of carbonyl (C=O) groups excluding carboxylic acids is 1. The summed E-state index contributed by atoms with van der Waals surface area (Å²) < 4.78 is 0. The van der Waals surface area contributed by atoms with E-state index in [0.717, 1.165) is 5.56 Å². The summed E-state index contributed by atoms with van der Waals surface area (Å²) in [5.74, 6) is -0.484. The van der Waals surface area contributed by atoms with Gasteiger partial charge in [-0.15, -0.1) is 0 Å². The van der Waals surface area contributed by atoms with E-state index < -0.39 is 17.7 Å². The molecule has 110 valence electrons. The van der Waals surface area contributed by atoms with Crippen LogP contribution in [0.3, 0.4) is 0 Å². The maximum Gasteiger partial charge on any atom is 0.256 e. The maximum atomic E-state index is 12.2. The summed E-state index contributed by atoms with van der Waals surface area (Å²) in [4.78, 5) is 12.2. The minimum atomic E-state index is -2.04. The summed E-state index contributed by atoms with van der Waals surface area (Å²) in [5.41, 5.74) is 0.724. The van der Waals surface area contributed by atoms with Gasteiger partial charge in [0.2, 0.25) is 0 Å². The molecule has 2 aromatic carbocycles. The van der Waals surface area contributed by atoms with Crippen molar-refractivity contribution in [3.05, 3.63) is 65.2 Å². The van der Waals surface area contributed by atoms with Crippen molar-refractivity contribution in [2.45, 2.75) is 18.7 Å². The van der Waals surface area contributed by atoms with Crippen LogP contribution in [0.1, 0.15) is 27.5 Å². The zero-order chi connectivity index (χ0) is 15.7. The number of amides is 1. The van der Waals surface area contributed by atoms with Gasteiger partial charge in [-0.1, -0.05) is 42.0 Å². The Labute approximate surface area is 128 Å². The maximum absolute atomic E-state index is 12.2. The number of nitriles is 1. The van der Waals surface area contributed by atoms with Gasteiger partial charge in [0.1, 0.15) is 12.1 Å². The number of benzene rings is 2. The topological polar surface area (TPSA) is 85.2 Å². The van der Waals surface area contributed by atoms with Crippen molar-refractivity contribution in [3.63, 3.8) is 0 Å². The first-order valence-corrected chi connectivity index (χ1v) is 6.92. The van der Waals surface area contributed by atoms with E-state index in [9.17, 15) is 15.2 Å². The summed E-state index contributed by atoms with van der Waals surface area (Å²) >= 11 is 0. The number of para-hydroxylation sites is 1. The highest BCUT2D eigenvalue weighted by atomic mass is 16.3. The van der Waals surface area contributed by atoms with E-state index in [-0.39, 0.29) is 0 Å². The predicted molar refractivity (Wildman–Crippen MR) is 82.0 cm³/mol. The van der Waals surface area contributed by atoms with Crippen LogP contribution in [0.4, 0.5) is 5.69 Å². The highest BCUT2D eigenvalue weighted by molar-refractivity contribution is 6.01. The first-order chi connectivity index (χ1) is 10.5. The van der Waals surface area contributed by atoms with Gasteiger partial charge >= 0.3 is 0 Å². The van der Waals surface area contributed by atoms with Gasteiger partial charge in [-0.05, 0) is 24.6 Å². The molecule has 1 amide bonds. The van der Waals surface area contributed by atoms with E-state index in [0.29, 0.717) is 16.8 Å². The lowest BCUT2D eigenvalue weighted by Crippen LogP contribution is -2.52. The second kappa shape index (κ2) is 5.17. The first kappa shape index (κ1) is 14.1. The number of hydrogen-bond acceptors (Lipinski definition) is 4. The van der Waals surface area contributed by atoms with Crippen molar-refractivity contribution in [3.8, 4) is 6.07 Å². The fraction of sp³-hybridized carbons (Fsp3) is 0.176. The fourth-order valence-electron chi connectivity index (χ4n) is 2.56. The summed E-state index contributed by atoms with van der Waals surface area (Å²) in [5, 5.41) is 25.6. The van der Waals surface area contributed by atoms with Gasteiger partial charge in [-0.3, -0.25) is 4.79 Å². The zero-order valence-electron chi connectivity index (χ0n) is 12.0.